The molecule has 144 valence electrons. The molecule has 1 aromatic carbocycles. The number of anilines is 1. The largest absolute Gasteiger partial charge is 0.490 e. The smallest absolute Gasteiger partial charge is 0.241 e. The number of hydrogen-bond acceptors (Lipinski definition) is 5. The number of fused-ring (bicyclic) bond motifs is 2. The second-order valence-corrected chi connectivity index (χ2v) is 7.13. The molecular formula is C20H26N4O3. The lowest BCUT2D eigenvalue weighted by atomic mass is 10.2. The van der Waals surface area contributed by atoms with Crippen LogP contribution in [0.2, 0.25) is 0 Å². The third-order valence-corrected chi connectivity index (χ3v) is 5.23. The number of ether oxygens (including phenoxy) is 1. The summed E-state index contributed by atoms with van der Waals surface area (Å²) < 4.78 is 7.63. The van der Waals surface area contributed by atoms with Gasteiger partial charge in [0.1, 0.15) is 12.4 Å². The third-order valence-electron chi connectivity index (χ3n) is 5.23. The maximum Gasteiger partial charge on any atom is 0.241 e. The molecule has 1 N–H and O–H groups in total. The number of rotatable bonds is 4. The molecule has 0 saturated heterocycles. The molecule has 0 spiro atoms. The molecular weight excluding hydrogens is 344 g/mol. The first kappa shape index (κ1) is 18.0. The van der Waals surface area contributed by atoms with Crippen molar-refractivity contribution in [1.29, 1.82) is 0 Å². The van der Waals surface area contributed by atoms with Crippen LogP contribution in [0.4, 0.5) is 5.69 Å². The van der Waals surface area contributed by atoms with Gasteiger partial charge in [0.15, 0.2) is 0 Å². The van der Waals surface area contributed by atoms with Gasteiger partial charge >= 0.3 is 0 Å². The van der Waals surface area contributed by atoms with E-state index in [1.54, 1.807) is 0 Å². The predicted octanol–water partition coefficient (Wildman–Crippen LogP) is 1.96. The van der Waals surface area contributed by atoms with E-state index < -0.39 is 6.10 Å². The zero-order valence-corrected chi connectivity index (χ0v) is 15.7. The summed E-state index contributed by atoms with van der Waals surface area (Å²) in [5.41, 5.74) is 2.63. The fraction of sp³-hybridized carbons (Fsp3) is 0.500. The van der Waals surface area contributed by atoms with Gasteiger partial charge in [-0.3, -0.25) is 14.4 Å². The minimum Gasteiger partial charge on any atom is -0.490 e. The number of hydrogen-bond donors (Lipinski definition) is 1. The van der Waals surface area contributed by atoms with Crippen molar-refractivity contribution >= 4 is 11.6 Å². The second-order valence-electron chi connectivity index (χ2n) is 7.13. The second kappa shape index (κ2) is 7.70. The molecule has 7 nitrogen and oxygen atoms in total. The van der Waals surface area contributed by atoms with Crippen molar-refractivity contribution in [3.63, 3.8) is 0 Å². The summed E-state index contributed by atoms with van der Waals surface area (Å²) in [6.07, 6.45) is 1.06. The standard InChI is InChI=1S/C20H26N4O3/c1-2-18(25)16-12-15-13-22(8-5-9-24(15)21-16)14-20(26)23-10-11-27-19-7-4-3-6-17(19)23/h3-4,6-7,12,18,25H,2,5,8-11,13-14H2,1H3. The van der Waals surface area contributed by atoms with Crippen LogP contribution in [0.3, 0.4) is 0 Å². The number of aryl methyl sites for hydroxylation is 1. The lowest BCUT2D eigenvalue weighted by Gasteiger charge is -2.31. The SMILES string of the molecule is CCC(O)c1cc2n(n1)CCCN(CC(=O)N1CCOc3ccccc31)C2. The Kier molecular flexibility index (Phi) is 5.13. The van der Waals surface area contributed by atoms with Crippen LogP contribution in [0.15, 0.2) is 30.3 Å². The maximum atomic E-state index is 13.0. The Hall–Kier alpha value is -2.38. The molecule has 2 aliphatic heterocycles. The summed E-state index contributed by atoms with van der Waals surface area (Å²) in [6.45, 7) is 5.75. The first-order valence-electron chi connectivity index (χ1n) is 9.65. The van der Waals surface area contributed by atoms with Gasteiger partial charge < -0.3 is 14.7 Å². The van der Waals surface area contributed by atoms with Gasteiger partial charge in [0.25, 0.3) is 0 Å². The number of para-hydroxylation sites is 2. The molecule has 4 rings (SSSR count). The highest BCUT2D eigenvalue weighted by atomic mass is 16.5. The van der Waals surface area contributed by atoms with Crippen LogP contribution in [0.1, 0.15) is 37.3 Å². The molecule has 2 aromatic rings. The summed E-state index contributed by atoms with van der Waals surface area (Å²) in [5.74, 6) is 0.858. The molecule has 1 atom stereocenters. The number of aliphatic hydroxyl groups is 1. The summed E-state index contributed by atoms with van der Waals surface area (Å²) in [7, 11) is 0. The zero-order chi connectivity index (χ0) is 18.8. The van der Waals surface area contributed by atoms with Gasteiger partial charge in [-0.25, -0.2) is 0 Å². The van der Waals surface area contributed by atoms with Crippen LogP contribution in [0, 0.1) is 0 Å². The average Bonchev–Trinajstić information content (AvgIpc) is 3.00. The Labute approximate surface area is 159 Å². The van der Waals surface area contributed by atoms with Crippen molar-refractivity contribution in [2.45, 2.75) is 39.0 Å². The molecule has 7 heteroatoms. The molecule has 27 heavy (non-hydrogen) atoms. The Morgan fingerprint density at radius 2 is 2.15 bits per heavy atom. The molecule has 1 aromatic heterocycles. The summed E-state index contributed by atoms with van der Waals surface area (Å²) in [6, 6.07) is 9.66. The van der Waals surface area contributed by atoms with E-state index in [9.17, 15) is 9.90 Å². The average molecular weight is 370 g/mol. The van der Waals surface area contributed by atoms with Crippen molar-refractivity contribution < 1.29 is 14.6 Å². The quantitative estimate of drug-likeness (QED) is 0.891. The topological polar surface area (TPSA) is 70.8 Å². The number of aliphatic hydroxyl groups excluding tert-OH is 1. The predicted molar refractivity (Wildman–Crippen MR) is 102 cm³/mol. The number of carbonyl (C=O) groups excluding carboxylic acids is 1. The van der Waals surface area contributed by atoms with E-state index in [-0.39, 0.29) is 5.91 Å². The number of nitrogens with zero attached hydrogens (tertiary/aromatic N) is 4. The third kappa shape index (κ3) is 3.70. The van der Waals surface area contributed by atoms with Crippen molar-refractivity contribution in [2.75, 3.05) is 31.1 Å². The zero-order valence-electron chi connectivity index (χ0n) is 15.7. The van der Waals surface area contributed by atoms with Crippen LogP contribution in [0.5, 0.6) is 5.75 Å². The van der Waals surface area contributed by atoms with E-state index >= 15 is 0 Å². The number of amides is 1. The molecule has 2 aliphatic rings. The Bertz CT molecular complexity index is 819. The molecule has 0 fully saturated rings. The van der Waals surface area contributed by atoms with Gasteiger partial charge in [-0.15, -0.1) is 0 Å². The Morgan fingerprint density at radius 1 is 1.30 bits per heavy atom. The van der Waals surface area contributed by atoms with Crippen LogP contribution in [-0.4, -0.2) is 51.9 Å². The normalized spacial score (nSPS) is 18.2. The van der Waals surface area contributed by atoms with E-state index in [4.69, 9.17) is 4.74 Å². The lowest BCUT2D eigenvalue weighted by molar-refractivity contribution is -0.120. The van der Waals surface area contributed by atoms with Crippen LogP contribution in [0.25, 0.3) is 0 Å². The van der Waals surface area contributed by atoms with Crippen molar-refractivity contribution in [3.8, 4) is 5.75 Å². The summed E-state index contributed by atoms with van der Waals surface area (Å²) in [5, 5.41) is 14.6. The van der Waals surface area contributed by atoms with Gasteiger partial charge in [-0.05, 0) is 31.0 Å². The maximum absolute atomic E-state index is 13.0. The number of carbonyl (C=O) groups is 1. The Morgan fingerprint density at radius 3 is 3.00 bits per heavy atom. The van der Waals surface area contributed by atoms with E-state index in [0.717, 1.165) is 42.3 Å². The highest BCUT2D eigenvalue weighted by molar-refractivity contribution is 5.96. The molecule has 1 unspecified atom stereocenters. The highest BCUT2D eigenvalue weighted by Gasteiger charge is 2.26. The first-order valence-corrected chi connectivity index (χ1v) is 9.65. The van der Waals surface area contributed by atoms with E-state index in [2.05, 4.69) is 10.00 Å². The minimum atomic E-state index is -0.524. The highest BCUT2D eigenvalue weighted by Crippen LogP contribution is 2.31. The fourth-order valence-electron chi connectivity index (χ4n) is 3.76. The van der Waals surface area contributed by atoms with Crippen LogP contribution >= 0.6 is 0 Å². The number of aromatic nitrogens is 2. The fourth-order valence-corrected chi connectivity index (χ4v) is 3.76. The molecule has 0 aliphatic carbocycles. The summed E-state index contributed by atoms with van der Waals surface area (Å²) in [4.78, 5) is 17.0. The Balaban J connectivity index is 1.47. The summed E-state index contributed by atoms with van der Waals surface area (Å²) >= 11 is 0. The lowest BCUT2D eigenvalue weighted by Crippen LogP contribution is -2.44. The van der Waals surface area contributed by atoms with Crippen molar-refractivity contribution in [3.05, 3.63) is 41.7 Å². The minimum absolute atomic E-state index is 0.0903. The van der Waals surface area contributed by atoms with Crippen LogP contribution in [-0.2, 0) is 17.9 Å². The van der Waals surface area contributed by atoms with Gasteiger partial charge in [0.2, 0.25) is 5.91 Å². The van der Waals surface area contributed by atoms with E-state index in [0.29, 0.717) is 32.7 Å². The van der Waals surface area contributed by atoms with Gasteiger partial charge in [-0.1, -0.05) is 19.1 Å². The van der Waals surface area contributed by atoms with Gasteiger partial charge in [0, 0.05) is 19.6 Å². The molecule has 0 saturated carbocycles. The van der Waals surface area contributed by atoms with Crippen LogP contribution < -0.4 is 9.64 Å². The molecule has 0 radical (unpaired) electrons. The molecule has 1 amide bonds. The van der Waals surface area contributed by atoms with E-state index in [1.807, 2.05) is 46.8 Å². The molecule has 3 heterocycles. The van der Waals surface area contributed by atoms with Gasteiger partial charge in [-0.2, -0.15) is 5.10 Å². The monoisotopic (exact) mass is 370 g/mol. The molecule has 0 bridgehead atoms. The first-order chi connectivity index (χ1) is 13.2. The van der Waals surface area contributed by atoms with Crippen molar-refractivity contribution in [2.24, 2.45) is 0 Å². The van der Waals surface area contributed by atoms with Gasteiger partial charge in [0.05, 0.1) is 36.3 Å². The van der Waals surface area contributed by atoms with E-state index in [1.165, 1.54) is 0 Å². The van der Waals surface area contributed by atoms with Crippen molar-refractivity contribution in [1.82, 2.24) is 14.7 Å². The number of benzene rings is 1.